The van der Waals surface area contributed by atoms with Gasteiger partial charge in [-0.05, 0) is 45.7 Å². The van der Waals surface area contributed by atoms with Gasteiger partial charge in [0.1, 0.15) is 0 Å². The summed E-state index contributed by atoms with van der Waals surface area (Å²) in [6.07, 6.45) is 5.66. The van der Waals surface area contributed by atoms with E-state index < -0.39 is 11.8 Å². The molecular formula is C20H14Cl2N4O3. The molecule has 1 aromatic heterocycles. The van der Waals surface area contributed by atoms with Gasteiger partial charge in [-0.3, -0.25) is 9.59 Å². The fourth-order valence-corrected chi connectivity index (χ4v) is 2.62. The van der Waals surface area contributed by atoms with E-state index in [1.165, 1.54) is 12.2 Å². The van der Waals surface area contributed by atoms with Gasteiger partial charge in [0.25, 0.3) is 0 Å². The Balaban J connectivity index is 1.62. The number of nitrogens with zero attached hydrogens (tertiary/aromatic N) is 2. The van der Waals surface area contributed by atoms with Gasteiger partial charge < -0.3 is 10.6 Å². The Kier molecular flexibility index (Phi) is 6.78. The lowest BCUT2D eigenvalue weighted by Gasteiger charge is -2.01. The van der Waals surface area contributed by atoms with Crippen LogP contribution in [0.25, 0.3) is 12.2 Å². The predicted octanol–water partition coefficient (Wildman–Crippen LogP) is 4.68. The van der Waals surface area contributed by atoms with Crippen molar-refractivity contribution in [1.82, 2.24) is 10.3 Å². The monoisotopic (exact) mass is 428 g/mol. The molecule has 1 heterocycles. The van der Waals surface area contributed by atoms with Crippen LogP contribution in [0.2, 0.25) is 10.0 Å². The molecule has 0 aliphatic rings. The van der Waals surface area contributed by atoms with E-state index >= 15 is 0 Å². The van der Waals surface area contributed by atoms with Crippen molar-refractivity contribution in [2.24, 2.45) is 0 Å². The Morgan fingerprint density at radius 1 is 0.759 bits per heavy atom. The number of nitrogens with one attached hydrogen (secondary N) is 2. The van der Waals surface area contributed by atoms with E-state index in [1.54, 1.807) is 60.7 Å². The van der Waals surface area contributed by atoms with Crippen LogP contribution in [0.15, 0.2) is 65.3 Å². The Bertz CT molecular complexity index is 1010. The largest absolute Gasteiger partial charge is 0.301 e. The molecule has 0 saturated heterocycles. The summed E-state index contributed by atoms with van der Waals surface area (Å²) in [6, 6.07) is 14.1. The van der Waals surface area contributed by atoms with Crippen LogP contribution in [0.1, 0.15) is 11.1 Å². The van der Waals surface area contributed by atoms with Crippen molar-refractivity contribution in [2.75, 3.05) is 10.6 Å². The van der Waals surface area contributed by atoms with Gasteiger partial charge in [-0.25, -0.2) is 4.63 Å². The minimum absolute atomic E-state index is 0.0293. The van der Waals surface area contributed by atoms with Gasteiger partial charge >= 0.3 is 0 Å². The number of hydrogen-bond acceptors (Lipinski definition) is 5. The average molecular weight is 429 g/mol. The van der Waals surface area contributed by atoms with E-state index in [4.69, 9.17) is 23.2 Å². The fraction of sp³-hybridized carbons (Fsp3) is 0. The highest BCUT2D eigenvalue weighted by atomic mass is 35.5. The van der Waals surface area contributed by atoms with Crippen molar-refractivity contribution in [3.05, 3.63) is 81.9 Å². The first kappa shape index (κ1) is 20.3. The lowest BCUT2D eigenvalue weighted by Crippen LogP contribution is -2.13. The standard InChI is InChI=1S/C20H14Cl2N4O3/c21-15-7-3-1-5-13(15)9-11-17(27)23-19-20(26-29-25-19)24-18(28)12-10-14-6-2-4-8-16(14)22/h1-12H,(H,23,25,27)(H,24,26,28)/b11-9+,12-10+. The maximum absolute atomic E-state index is 12.1. The molecule has 146 valence electrons. The summed E-state index contributed by atoms with van der Waals surface area (Å²) in [7, 11) is 0. The molecule has 3 aromatic rings. The van der Waals surface area contributed by atoms with Crippen LogP contribution >= 0.6 is 23.2 Å². The minimum Gasteiger partial charge on any atom is -0.301 e. The second-order valence-corrected chi connectivity index (χ2v) is 6.46. The van der Waals surface area contributed by atoms with Crippen molar-refractivity contribution in [3.63, 3.8) is 0 Å². The van der Waals surface area contributed by atoms with Crippen molar-refractivity contribution in [2.45, 2.75) is 0 Å². The molecular weight excluding hydrogens is 415 g/mol. The molecule has 0 fully saturated rings. The number of hydrogen-bond donors (Lipinski definition) is 2. The number of benzene rings is 2. The van der Waals surface area contributed by atoms with Crippen LogP contribution in [-0.2, 0) is 9.59 Å². The molecule has 0 saturated carbocycles. The zero-order chi connectivity index (χ0) is 20.6. The van der Waals surface area contributed by atoms with Crippen LogP contribution in [0.5, 0.6) is 0 Å². The zero-order valence-corrected chi connectivity index (χ0v) is 16.3. The van der Waals surface area contributed by atoms with Gasteiger partial charge in [0.05, 0.1) is 0 Å². The summed E-state index contributed by atoms with van der Waals surface area (Å²) in [5.74, 6) is -1.05. The van der Waals surface area contributed by atoms with E-state index in [0.717, 1.165) is 0 Å². The van der Waals surface area contributed by atoms with Gasteiger partial charge in [-0.2, -0.15) is 0 Å². The van der Waals surface area contributed by atoms with Crippen molar-refractivity contribution in [1.29, 1.82) is 0 Å². The van der Waals surface area contributed by atoms with Gasteiger partial charge in [0.2, 0.25) is 23.5 Å². The van der Waals surface area contributed by atoms with E-state index in [-0.39, 0.29) is 11.6 Å². The number of anilines is 2. The summed E-state index contributed by atoms with van der Waals surface area (Å²) in [6.45, 7) is 0. The summed E-state index contributed by atoms with van der Waals surface area (Å²) < 4.78 is 4.59. The second-order valence-electron chi connectivity index (χ2n) is 5.65. The van der Waals surface area contributed by atoms with Crippen molar-refractivity contribution in [3.8, 4) is 0 Å². The quantitative estimate of drug-likeness (QED) is 0.555. The molecule has 9 heteroatoms. The highest BCUT2D eigenvalue weighted by Gasteiger charge is 2.13. The number of carbonyl (C=O) groups is 2. The first-order chi connectivity index (χ1) is 14.0. The number of halogens is 2. The first-order valence-corrected chi connectivity index (χ1v) is 9.08. The topological polar surface area (TPSA) is 97.1 Å². The predicted molar refractivity (Wildman–Crippen MR) is 113 cm³/mol. The van der Waals surface area contributed by atoms with Crippen molar-refractivity contribution < 1.29 is 14.2 Å². The Morgan fingerprint density at radius 3 is 1.59 bits per heavy atom. The molecule has 2 aromatic carbocycles. The average Bonchev–Trinajstić information content (AvgIpc) is 3.13. The third kappa shape index (κ3) is 5.78. The van der Waals surface area contributed by atoms with E-state index in [9.17, 15) is 9.59 Å². The number of amides is 2. The molecule has 2 N–H and O–H groups in total. The van der Waals surface area contributed by atoms with Crippen LogP contribution in [0.4, 0.5) is 11.6 Å². The van der Waals surface area contributed by atoms with E-state index in [1.807, 2.05) is 0 Å². The van der Waals surface area contributed by atoms with E-state index in [0.29, 0.717) is 21.2 Å². The molecule has 0 spiro atoms. The zero-order valence-electron chi connectivity index (χ0n) is 14.8. The third-order valence-corrected chi connectivity index (χ3v) is 4.30. The van der Waals surface area contributed by atoms with Crippen molar-refractivity contribution >= 4 is 58.8 Å². The number of rotatable bonds is 6. The Hall–Kier alpha value is -3.42. The normalized spacial score (nSPS) is 11.1. The number of aromatic nitrogens is 2. The van der Waals surface area contributed by atoms with Gasteiger partial charge in [-0.15, -0.1) is 0 Å². The van der Waals surface area contributed by atoms with Gasteiger partial charge in [-0.1, -0.05) is 59.6 Å². The summed E-state index contributed by atoms with van der Waals surface area (Å²) >= 11 is 12.1. The first-order valence-electron chi connectivity index (χ1n) is 8.32. The lowest BCUT2D eigenvalue weighted by atomic mass is 10.2. The maximum atomic E-state index is 12.1. The number of carbonyl (C=O) groups excluding carboxylic acids is 2. The molecule has 7 nitrogen and oxygen atoms in total. The molecule has 29 heavy (non-hydrogen) atoms. The Labute approximate surface area is 176 Å². The summed E-state index contributed by atoms with van der Waals surface area (Å²) in [4.78, 5) is 24.2. The molecule has 0 aliphatic carbocycles. The van der Waals surface area contributed by atoms with Crippen LogP contribution in [0, 0.1) is 0 Å². The molecule has 0 atom stereocenters. The summed E-state index contributed by atoms with van der Waals surface area (Å²) in [5, 5.41) is 13.1. The highest BCUT2D eigenvalue weighted by Crippen LogP contribution is 2.19. The molecule has 0 radical (unpaired) electrons. The molecule has 2 amide bonds. The summed E-state index contributed by atoms with van der Waals surface area (Å²) in [5.41, 5.74) is 1.36. The molecule has 0 bridgehead atoms. The Morgan fingerprint density at radius 2 is 1.17 bits per heavy atom. The SMILES string of the molecule is O=C(/C=C/c1ccccc1Cl)Nc1nonc1NC(=O)/C=C/c1ccccc1Cl. The molecule has 0 unspecified atom stereocenters. The van der Waals surface area contributed by atoms with Crippen LogP contribution in [-0.4, -0.2) is 22.1 Å². The highest BCUT2D eigenvalue weighted by molar-refractivity contribution is 6.32. The molecule has 0 aliphatic heterocycles. The van der Waals surface area contributed by atoms with E-state index in [2.05, 4.69) is 25.6 Å². The third-order valence-electron chi connectivity index (χ3n) is 3.61. The minimum atomic E-state index is -0.497. The van der Waals surface area contributed by atoms with Gasteiger partial charge in [0.15, 0.2) is 0 Å². The lowest BCUT2D eigenvalue weighted by molar-refractivity contribution is -0.112. The smallest absolute Gasteiger partial charge is 0.249 e. The van der Waals surface area contributed by atoms with Crippen LogP contribution in [0.3, 0.4) is 0 Å². The maximum Gasteiger partial charge on any atom is 0.249 e. The fourth-order valence-electron chi connectivity index (χ4n) is 2.22. The van der Waals surface area contributed by atoms with Crippen LogP contribution < -0.4 is 10.6 Å². The second kappa shape index (κ2) is 9.68. The van der Waals surface area contributed by atoms with Gasteiger partial charge in [0, 0.05) is 22.2 Å². The molecule has 3 rings (SSSR count).